The van der Waals surface area contributed by atoms with Gasteiger partial charge in [-0.25, -0.2) is 4.98 Å². The van der Waals surface area contributed by atoms with Gasteiger partial charge in [-0.15, -0.1) is 0 Å². The number of rotatable bonds is 5. The Morgan fingerprint density at radius 2 is 2.05 bits per heavy atom. The average Bonchev–Trinajstić information content (AvgIpc) is 3.11. The Labute approximate surface area is 126 Å². The summed E-state index contributed by atoms with van der Waals surface area (Å²) in [5.74, 6) is 1.06. The van der Waals surface area contributed by atoms with Crippen molar-refractivity contribution in [2.75, 3.05) is 13.2 Å². The largest absolute Gasteiger partial charge is 0.396 e. The van der Waals surface area contributed by atoms with Crippen molar-refractivity contribution in [3.63, 3.8) is 0 Å². The van der Waals surface area contributed by atoms with Crippen LogP contribution in [-0.4, -0.2) is 27.8 Å². The van der Waals surface area contributed by atoms with Gasteiger partial charge >= 0.3 is 0 Å². The van der Waals surface area contributed by atoms with Crippen molar-refractivity contribution >= 4 is 11.0 Å². The van der Waals surface area contributed by atoms with Crippen LogP contribution in [0.5, 0.6) is 0 Å². The van der Waals surface area contributed by atoms with Gasteiger partial charge in [0.15, 0.2) is 0 Å². The Bertz CT molecular complexity index is 614. The standard InChI is InChI=1S/C17H25N3O/c1-13(18-11-17(12-21)9-5-6-10-17)16-19-14-7-3-4-8-15(14)20(16)2/h3-4,7-8,13,18,21H,5-6,9-12H2,1-2H3. The van der Waals surface area contributed by atoms with Crippen LogP contribution in [0.1, 0.15) is 44.5 Å². The van der Waals surface area contributed by atoms with E-state index in [0.717, 1.165) is 30.7 Å². The highest BCUT2D eigenvalue weighted by atomic mass is 16.3. The van der Waals surface area contributed by atoms with Gasteiger partial charge in [-0.05, 0) is 31.9 Å². The number of para-hydroxylation sites is 2. The lowest BCUT2D eigenvalue weighted by Gasteiger charge is -2.28. The summed E-state index contributed by atoms with van der Waals surface area (Å²) in [4.78, 5) is 4.74. The molecule has 1 atom stereocenters. The van der Waals surface area contributed by atoms with Gasteiger partial charge in [-0.3, -0.25) is 0 Å². The van der Waals surface area contributed by atoms with Crippen molar-refractivity contribution in [3.05, 3.63) is 30.1 Å². The lowest BCUT2D eigenvalue weighted by atomic mass is 9.87. The van der Waals surface area contributed by atoms with E-state index in [1.54, 1.807) is 0 Å². The highest BCUT2D eigenvalue weighted by Gasteiger charge is 2.33. The van der Waals surface area contributed by atoms with Crippen LogP contribution in [0.4, 0.5) is 0 Å². The van der Waals surface area contributed by atoms with Crippen LogP contribution in [0.15, 0.2) is 24.3 Å². The number of nitrogens with zero attached hydrogens (tertiary/aromatic N) is 2. The summed E-state index contributed by atoms with van der Waals surface area (Å²) in [5.41, 5.74) is 2.29. The number of aliphatic hydroxyl groups is 1. The first-order valence-electron chi connectivity index (χ1n) is 7.91. The Balaban J connectivity index is 1.75. The number of imidazole rings is 1. The molecular formula is C17H25N3O. The molecule has 1 aliphatic rings. The van der Waals surface area contributed by atoms with E-state index in [0.29, 0.717) is 0 Å². The topological polar surface area (TPSA) is 50.1 Å². The third kappa shape index (κ3) is 2.70. The Kier molecular flexibility index (Phi) is 4.00. The second-order valence-corrected chi connectivity index (χ2v) is 6.49. The van der Waals surface area contributed by atoms with E-state index < -0.39 is 0 Å². The van der Waals surface area contributed by atoms with Crippen LogP contribution in [0.25, 0.3) is 11.0 Å². The molecule has 0 saturated heterocycles. The molecule has 1 aliphatic carbocycles. The first-order valence-corrected chi connectivity index (χ1v) is 7.91. The first kappa shape index (κ1) is 14.5. The molecule has 114 valence electrons. The molecule has 1 saturated carbocycles. The molecule has 3 rings (SSSR count). The van der Waals surface area contributed by atoms with Gasteiger partial charge in [0.1, 0.15) is 5.82 Å². The highest BCUT2D eigenvalue weighted by Crippen LogP contribution is 2.37. The molecule has 21 heavy (non-hydrogen) atoms. The molecule has 1 unspecified atom stereocenters. The number of aliphatic hydroxyl groups excluding tert-OH is 1. The number of aromatic nitrogens is 2. The molecule has 4 nitrogen and oxygen atoms in total. The van der Waals surface area contributed by atoms with Gasteiger partial charge in [0.2, 0.25) is 0 Å². The van der Waals surface area contributed by atoms with Crippen LogP contribution in [0.3, 0.4) is 0 Å². The molecule has 4 heteroatoms. The van der Waals surface area contributed by atoms with Gasteiger partial charge in [-0.2, -0.15) is 0 Å². The molecule has 0 spiro atoms. The minimum atomic E-state index is 0.0822. The Morgan fingerprint density at radius 1 is 1.33 bits per heavy atom. The van der Waals surface area contributed by atoms with Gasteiger partial charge in [0.05, 0.1) is 17.1 Å². The molecule has 1 aromatic carbocycles. The smallest absolute Gasteiger partial charge is 0.126 e. The Hall–Kier alpha value is -1.39. The van der Waals surface area contributed by atoms with Gasteiger partial charge in [0, 0.05) is 25.6 Å². The summed E-state index contributed by atoms with van der Waals surface area (Å²) in [7, 11) is 2.07. The fourth-order valence-electron chi connectivity index (χ4n) is 3.53. The van der Waals surface area contributed by atoms with E-state index in [1.165, 1.54) is 18.4 Å². The number of fused-ring (bicyclic) bond motifs is 1. The summed E-state index contributed by atoms with van der Waals surface area (Å²) >= 11 is 0. The summed E-state index contributed by atoms with van der Waals surface area (Å²) < 4.78 is 2.16. The molecule has 1 fully saturated rings. The maximum Gasteiger partial charge on any atom is 0.126 e. The summed E-state index contributed by atoms with van der Waals surface area (Å²) in [6.07, 6.45) is 4.74. The monoisotopic (exact) mass is 287 g/mol. The predicted octanol–water partition coefficient (Wildman–Crippen LogP) is 2.78. The summed E-state index contributed by atoms with van der Waals surface area (Å²) in [5, 5.41) is 13.3. The van der Waals surface area contributed by atoms with Crippen molar-refractivity contribution in [3.8, 4) is 0 Å². The van der Waals surface area contributed by atoms with Crippen molar-refractivity contribution in [2.24, 2.45) is 12.5 Å². The van der Waals surface area contributed by atoms with Crippen LogP contribution >= 0.6 is 0 Å². The van der Waals surface area contributed by atoms with Crippen molar-refractivity contribution in [1.29, 1.82) is 0 Å². The molecule has 1 heterocycles. The molecule has 0 amide bonds. The zero-order chi connectivity index (χ0) is 14.9. The third-order valence-corrected chi connectivity index (χ3v) is 4.99. The zero-order valence-corrected chi connectivity index (χ0v) is 13.0. The summed E-state index contributed by atoms with van der Waals surface area (Å²) in [6, 6.07) is 8.41. The van der Waals surface area contributed by atoms with Crippen LogP contribution < -0.4 is 5.32 Å². The second-order valence-electron chi connectivity index (χ2n) is 6.49. The van der Waals surface area contributed by atoms with E-state index in [4.69, 9.17) is 4.98 Å². The SMILES string of the molecule is CC(NCC1(CO)CCCC1)c1nc2ccccc2n1C. The first-order chi connectivity index (χ1) is 10.2. The maximum absolute atomic E-state index is 9.71. The van der Waals surface area contributed by atoms with E-state index in [1.807, 2.05) is 12.1 Å². The van der Waals surface area contributed by atoms with Gasteiger partial charge in [-0.1, -0.05) is 25.0 Å². The number of hydrogen-bond acceptors (Lipinski definition) is 3. The summed E-state index contributed by atoms with van der Waals surface area (Å²) in [6.45, 7) is 3.31. The van der Waals surface area contributed by atoms with Crippen LogP contribution in [0, 0.1) is 5.41 Å². The zero-order valence-electron chi connectivity index (χ0n) is 13.0. The van der Waals surface area contributed by atoms with Crippen molar-refractivity contribution < 1.29 is 5.11 Å². The van der Waals surface area contributed by atoms with E-state index in [-0.39, 0.29) is 18.1 Å². The third-order valence-electron chi connectivity index (χ3n) is 4.99. The molecule has 2 aromatic rings. The maximum atomic E-state index is 9.71. The molecule has 1 aromatic heterocycles. The van der Waals surface area contributed by atoms with E-state index in [9.17, 15) is 5.11 Å². The minimum Gasteiger partial charge on any atom is -0.396 e. The lowest BCUT2D eigenvalue weighted by Crippen LogP contribution is -2.37. The molecular weight excluding hydrogens is 262 g/mol. The fraction of sp³-hybridized carbons (Fsp3) is 0.588. The number of aryl methyl sites for hydroxylation is 1. The van der Waals surface area contributed by atoms with E-state index >= 15 is 0 Å². The molecule has 0 bridgehead atoms. The van der Waals surface area contributed by atoms with E-state index in [2.05, 4.69) is 36.0 Å². The minimum absolute atomic E-state index is 0.0822. The molecule has 0 radical (unpaired) electrons. The average molecular weight is 287 g/mol. The van der Waals surface area contributed by atoms with Gasteiger partial charge < -0.3 is 15.0 Å². The highest BCUT2D eigenvalue weighted by molar-refractivity contribution is 5.75. The molecule has 2 N–H and O–H groups in total. The normalized spacial score (nSPS) is 19.2. The fourth-order valence-corrected chi connectivity index (χ4v) is 3.53. The molecule has 0 aliphatic heterocycles. The quantitative estimate of drug-likeness (QED) is 0.889. The number of nitrogens with one attached hydrogen (secondary N) is 1. The van der Waals surface area contributed by atoms with Crippen LogP contribution in [-0.2, 0) is 7.05 Å². The number of hydrogen-bond donors (Lipinski definition) is 2. The predicted molar refractivity (Wildman–Crippen MR) is 85.1 cm³/mol. The Morgan fingerprint density at radius 3 is 2.71 bits per heavy atom. The van der Waals surface area contributed by atoms with Gasteiger partial charge in [0.25, 0.3) is 0 Å². The van der Waals surface area contributed by atoms with Crippen LogP contribution in [0.2, 0.25) is 0 Å². The lowest BCUT2D eigenvalue weighted by molar-refractivity contribution is 0.125. The number of benzene rings is 1. The van der Waals surface area contributed by atoms with Crippen molar-refractivity contribution in [2.45, 2.75) is 38.6 Å². The second kappa shape index (κ2) is 5.78. The van der Waals surface area contributed by atoms with Crippen molar-refractivity contribution in [1.82, 2.24) is 14.9 Å².